The highest BCUT2D eigenvalue weighted by atomic mass is 32.1. The van der Waals surface area contributed by atoms with Crippen LogP contribution in [0.25, 0.3) is 0 Å². The fourth-order valence-corrected chi connectivity index (χ4v) is 3.33. The van der Waals surface area contributed by atoms with Gasteiger partial charge in [0.25, 0.3) is 5.91 Å². The molecule has 0 spiro atoms. The van der Waals surface area contributed by atoms with Crippen LogP contribution in [0.15, 0.2) is 0 Å². The van der Waals surface area contributed by atoms with Crippen molar-refractivity contribution in [2.24, 2.45) is 0 Å². The van der Waals surface area contributed by atoms with Crippen molar-refractivity contribution in [3.8, 4) is 0 Å². The van der Waals surface area contributed by atoms with Gasteiger partial charge in [0.1, 0.15) is 10.6 Å². The van der Waals surface area contributed by atoms with Gasteiger partial charge in [-0.1, -0.05) is 12.8 Å². The van der Waals surface area contributed by atoms with Gasteiger partial charge in [0, 0.05) is 20.1 Å². The number of aryl methyl sites for hydroxylation is 1. The van der Waals surface area contributed by atoms with Crippen molar-refractivity contribution in [2.75, 3.05) is 25.5 Å². The molecule has 1 atom stereocenters. The smallest absolute Gasteiger partial charge is 0.343 e. The van der Waals surface area contributed by atoms with Crippen molar-refractivity contribution in [1.29, 1.82) is 0 Å². The number of hydrogen-bond donors (Lipinski definition) is 1. The molecule has 1 aromatic rings. The van der Waals surface area contributed by atoms with Crippen molar-refractivity contribution < 1.29 is 14.3 Å². The van der Waals surface area contributed by atoms with Gasteiger partial charge < -0.3 is 15.0 Å². The predicted molar refractivity (Wildman–Crippen MR) is 86.3 cm³/mol. The molecule has 2 heterocycles. The summed E-state index contributed by atoms with van der Waals surface area (Å²) in [6, 6.07) is 0. The average molecular weight is 325 g/mol. The van der Waals surface area contributed by atoms with Gasteiger partial charge >= 0.3 is 5.97 Å². The first-order chi connectivity index (χ1) is 10.5. The molecule has 1 aliphatic rings. The van der Waals surface area contributed by atoms with Crippen molar-refractivity contribution in [3.63, 3.8) is 0 Å². The normalized spacial score (nSPS) is 16.8. The maximum atomic E-state index is 12.4. The molecule has 2 rings (SSSR count). The van der Waals surface area contributed by atoms with Crippen LogP contribution in [0.3, 0.4) is 0 Å². The van der Waals surface area contributed by atoms with Gasteiger partial charge in [-0.2, -0.15) is 4.37 Å². The van der Waals surface area contributed by atoms with E-state index in [1.165, 1.54) is 11.5 Å². The summed E-state index contributed by atoms with van der Waals surface area (Å²) in [4.78, 5) is 26.5. The fraction of sp³-hybridized carbons (Fsp3) is 0.667. The van der Waals surface area contributed by atoms with E-state index in [2.05, 4.69) is 9.69 Å². The summed E-state index contributed by atoms with van der Waals surface area (Å²) in [5.74, 6) is -0.603. The van der Waals surface area contributed by atoms with Gasteiger partial charge in [-0.15, -0.1) is 0 Å². The molecule has 0 aliphatic carbocycles. The van der Waals surface area contributed by atoms with Crippen LogP contribution in [0.5, 0.6) is 0 Å². The molecule has 0 radical (unpaired) electrons. The second-order valence-corrected chi connectivity index (χ2v) is 6.28. The number of nitrogens with zero attached hydrogens (tertiary/aromatic N) is 2. The predicted octanol–water partition coefficient (Wildman–Crippen LogP) is 2.44. The molecule has 22 heavy (non-hydrogen) atoms. The molecule has 0 bridgehead atoms. The number of esters is 1. The number of rotatable bonds is 4. The number of ether oxygens (including phenoxy) is 1. The van der Waals surface area contributed by atoms with Crippen molar-refractivity contribution in [1.82, 2.24) is 9.27 Å². The van der Waals surface area contributed by atoms with Gasteiger partial charge in [0.2, 0.25) is 0 Å². The van der Waals surface area contributed by atoms with E-state index >= 15 is 0 Å². The molecular weight excluding hydrogens is 302 g/mol. The lowest BCUT2D eigenvalue weighted by atomic mass is 10.2. The Hall–Kier alpha value is -1.63. The van der Waals surface area contributed by atoms with Crippen molar-refractivity contribution in [2.45, 2.75) is 45.6 Å². The molecule has 1 N–H and O–H groups in total. The zero-order valence-electron chi connectivity index (χ0n) is 13.3. The molecule has 1 fully saturated rings. The number of likely N-dealkylation sites (tertiary alicyclic amines) is 1. The lowest BCUT2D eigenvalue weighted by Gasteiger charge is -2.24. The maximum absolute atomic E-state index is 12.4. The Bertz CT molecular complexity index is 536. The summed E-state index contributed by atoms with van der Waals surface area (Å²) < 4.78 is 9.52. The zero-order valence-corrected chi connectivity index (χ0v) is 14.2. The molecule has 1 aromatic heterocycles. The molecule has 7 heteroatoms. The van der Waals surface area contributed by atoms with Crippen LogP contribution in [-0.2, 0) is 9.53 Å². The van der Waals surface area contributed by atoms with Crippen LogP contribution in [0.4, 0.5) is 5.00 Å². The maximum Gasteiger partial charge on any atom is 0.343 e. The molecule has 0 saturated carbocycles. The first-order valence-corrected chi connectivity index (χ1v) is 8.45. The second-order valence-electron chi connectivity index (χ2n) is 5.51. The Morgan fingerprint density at radius 3 is 2.50 bits per heavy atom. The largest absolute Gasteiger partial charge is 0.449 e. The molecule has 122 valence electrons. The Labute approximate surface area is 135 Å². The number of hydrogen-bond acceptors (Lipinski definition) is 6. The van der Waals surface area contributed by atoms with Gasteiger partial charge in [-0.25, -0.2) is 4.79 Å². The summed E-state index contributed by atoms with van der Waals surface area (Å²) in [6.45, 7) is 4.90. The summed E-state index contributed by atoms with van der Waals surface area (Å²) in [6.07, 6.45) is 3.58. The van der Waals surface area contributed by atoms with Gasteiger partial charge in [0.05, 0.1) is 5.69 Å². The van der Waals surface area contributed by atoms with Crippen LogP contribution in [-0.4, -0.2) is 47.4 Å². The molecule has 6 nitrogen and oxygen atoms in total. The second kappa shape index (κ2) is 7.58. The Balaban J connectivity index is 2.01. The molecular formula is C15H23N3O3S. The van der Waals surface area contributed by atoms with E-state index in [-0.39, 0.29) is 5.91 Å². The van der Waals surface area contributed by atoms with E-state index < -0.39 is 12.1 Å². The van der Waals surface area contributed by atoms with Crippen molar-refractivity contribution >= 4 is 28.4 Å². The summed E-state index contributed by atoms with van der Waals surface area (Å²) >= 11 is 1.21. The lowest BCUT2D eigenvalue weighted by molar-refractivity contribution is -0.139. The van der Waals surface area contributed by atoms with E-state index in [4.69, 9.17) is 4.74 Å². The molecule has 0 unspecified atom stereocenters. The highest BCUT2D eigenvalue weighted by Gasteiger charge is 2.27. The Morgan fingerprint density at radius 1 is 1.27 bits per heavy atom. The quantitative estimate of drug-likeness (QED) is 0.861. The number of nitrogens with one attached hydrogen (secondary N) is 1. The third-order valence-electron chi connectivity index (χ3n) is 3.84. The number of amides is 1. The summed E-state index contributed by atoms with van der Waals surface area (Å²) in [7, 11) is 1.73. The van der Waals surface area contributed by atoms with E-state index in [1.807, 2.05) is 4.90 Å². The third kappa shape index (κ3) is 3.76. The third-order valence-corrected chi connectivity index (χ3v) is 4.80. The molecule has 1 saturated heterocycles. The number of carbonyl (C=O) groups excluding carboxylic acids is 2. The van der Waals surface area contributed by atoms with Gasteiger partial charge in [0.15, 0.2) is 6.10 Å². The molecule has 0 aromatic carbocycles. The van der Waals surface area contributed by atoms with Crippen molar-refractivity contribution in [3.05, 3.63) is 11.3 Å². The minimum atomic E-state index is -0.769. The first kappa shape index (κ1) is 16.7. The highest BCUT2D eigenvalue weighted by molar-refractivity contribution is 7.10. The van der Waals surface area contributed by atoms with Crippen LogP contribution < -0.4 is 5.32 Å². The molecule has 1 aliphatic heterocycles. The first-order valence-electron chi connectivity index (χ1n) is 7.68. The van der Waals surface area contributed by atoms with E-state index in [1.54, 1.807) is 20.9 Å². The lowest BCUT2D eigenvalue weighted by Crippen LogP contribution is -2.40. The van der Waals surface area contributed by atoms with Crippen LogP contribution in [0.1, 0.15) is 48.7 Å². The Morgan fingerprint density at radius 2 is 1.91 bits per heavy atom. The summed E-state index contributed by atoms with van der Waals surface area (Å²) in [5, 5.41) is 3.60. The zero-order chi connectivity index (χ0) is 16.1. The standard InChI is InChI=1S/C15H23N3O3S/c1-10-12(13(16-3)22-17-10)15(20)21-11(2)14(19)18-8-6-4-5-7-9-18/h11,16H,4-9H2,1-3H3/t11-/m1/s1. The highest BCUT2D eigenvalue weighted by Crippen LogP contribution is 2.25. The van der Waals surface area contributed by atoms with Gasteiger partial charge in [-0.3, -0.25) is 4.79 Å². The topological polar surface area (TPSA) is 71.5 Å². The SMILES string of the molecule is CNc1snc(C)c1C(=O)O[C@H](C)C(=O)N1CCCCCC1. The number of anilines is 1. The van der Waals surface area contributed by atoms with E-state index in [9.17, 15) is 9.59 Å². The monoisotopic (exact) mass is 325 g/mol. The van der Waals surface area contributed by atoms with Crippen LogP contribution >= 0.6 is 11.5 Å². The minimum Gasteiger partial charge on any atom is -0.449 e. The van der Waals surface area contributed by atoms with E-state index in [0.717, 1.165) is 38.8 Å². The number of aromatic nitrogens is 1. The summed E-state index contributed by atoms with van der Waals surface area (Å²) in [5.41, 5.74) is 1.04. The van der Waals surface area contributed by atoms with Gasteiger partial charge in [-0.05, 0) is 38.2 Å². The van der Waals surface area contributed by atoms with E-state index in [0.29, 0.717) is 16.3 Å². The average Bonchev–Trinajstić information content (AvgIpc) is 2.71. The fourth-order valence-electron chi connectivity index (χ4n) is 2.60. The number of carbonyl (C=O) groups is 2. The Kier molecular flexibility index (Phi) is 5.76. The van der Waals surface area contributed by atoms with Crippen LogP contribution in [0.2, 0.25) is 0 Å². The molecule has 1 amide bonds. The minimum absolute atomic E-state index is 0.109. The van der Waals surface area contributed by atoms with Crippen LogP contribution in [0, 0.1) is 6.92 Å².